The lowest BCUT2D eigenvalue weighted by Crippen LogP contribution is -2.03. The molecule has 1 aromatic carbocycles. The molecule has 0 aromatic heterocycles. The summed E-state index contributed by atoms with van der Waals surface area (Å²) in [6, 6.07) is 5.82. The van der Waals surface area contributed by atoms with Crippen molar-refractivity contribution in [2.75, 3.05) is 25.6 Å². The first-order valence-electron chi connectivity index (χ1n) is 5.89. The Bertz CT molecular complexity index is 427. The highest BCUT2D eigenvalue weighted by molar-refractivity contribution is 5.81. The maximum atomic E-state index is 11.1. The minimum Gasteiger partial charge on any atom is -0.497 e. The summed E-state index contributed by atoms with van der Waals surface area (Å²) in [4.78, 5) is 11.1. The Hall–Kier alpha value is -1.97. The van der Waals surface area contributed by atoms with Gasteiger partial charge < -0.3 is 14.8 Å². The lowest BCUT2D eigenvalue weighted by Gasteiger charge is -2.09. The van der Waals surface area contributed by atoms with E-state index < -0.39 is 0 Å². The monoisotopic (exact) mass is 249 g/mol. The summed E-state index contributed by atoms with van der Waals surface area (Å²) in [6.45, 7) is 4.75. The molecule has 0 spiro atoms. The van der Waals surface area contributed by atoms with E-state index in [-0.39, 0.29) is 5.97 Å². The topological polar surface area (TPSA) is 47.6 Å². The predicted octanol–water partition coefficient (Wildman–Crippen LogP) is 2.53. The van der Waals surface area contributed by atoms with Crippen LogP contribution in [0.5, 0.6) is 5.75 Å². The third-order valence-electron chi connectivity index (χ3n) is 2.40. The van der Waals surface area contributed by atoms with Crippen LogP contribution in [-0.2, 0) is 9.53 Å². The number of anilines is 1. The fourth-order valence-electron chi connectivity index (χ4n) is 1.43. The number of aryl methyl sites for hydroxylation is 1. The van der Waals surface area contributed by atoms with Crippen molar-refractivity contribution in [2.24, 2.45) is 0 Å². The SMILES string of the molecule is CCOC(=O)/C=C/CNc1cc(OC)ccc1C. The summed E-state index contributed by atoms with van der Waals surface area (Å²) in [5.41, 5.74) is 2.11. The summed E-state index contributed by atoms with van der Waals surface area (Å²) < 4.78 is 9.94. The van der Waals surface area contributed by atoms with Gasteiger partial charge in [0.1, 0.15) is 5.75 Å². The molecule has 0 fully saturated rings. The summed E-state index contributed by atoms with van der Waals surface area (Å²) in [5.74, 6) is 0.485. The minimum atomic E-state index is -0.318. The number of nitrogens with one attached hydrogen (secondary N) is 1. The van der Waals surface area contributed by atoms with E-state index >= 15 is 0 Å². The van der Waals surface area contributed by atoms with E-state index in [2.05, 4.69) is 5.32 Å². The minimum absolute atomic E-state index is 0.318. The van der Waals surface area contributed by atoms with Crippen LogP contribution in [0.2, 0.25) is 0 Å². The van der Waals surface area contributed by atoms with Crippen molar-refractivity contribution in [1.29, 1.82) is 0 Å². The molecular weight excluding hydrogens is 230 g/mol. The maximum absolute atomic E-state index is 11.1. The number of benzene rings is 1. The molecule has 0 heterocycles. The quantitative estimate of drug-likeness (QED) is 0.621. The number of ether oxygens (including phenoxy) is 2. The number of carbonyl (C=O) groups is 1. The molecule has 1 N–H and O–H groups in total. The van der Waals surface area contributed by atoms with Crippen molar-refractivity contribution >= 4 is 11.7 Å². The van der Waals surface area contributed by atoms with Crippen molar-refractivity contribution in [1.82, 2.24) is 0 Å². The van der Waals surface area contributed by atoms with Crippen LogP contribution in [-0.4, -0.2) is 26.2 Å². The molecular formula is C14H19NO3. The van der Waals surface area contributed by atoms with Crippen molar-refractivity contribution in [3.63, 3.8) is 0 Å². The first-order chi connectivity index (χ1) is 8.67. The van der Waals surface area contributed by atoms with Crippen molar-refractivity contribution in [3.05, 3.63) is 35.9 Å². The molecule has 0 unspecified atom stereocenters. The Morgan fingerprint density at radius 1 is 1.44 bits per heavy atom. The Kier molecular flexibility index (Phi) is 5.77. The van der Waals surface area contributed by atoms with Gasteiger partial charge in [0.2, 0.25) is 0 Å². The van der Waals surface area contributed by atoms with Gasteiger partial charge >= 0.3 is 5.97 Å². The first kappa shape index (κ1) is 14.1. The normalized spacial score (nSPS) is 10.4. The highest BCUT2D eigenvalue weighted by atomic mass is 16.5. The maximum Gasteiger partial charge on any atom is 0.330 e. The van der Waals surface area contributed by atoms with E-state index in [0.29, 0.717) is 13.2 Å². The van der Waals surface area contributed by atoms with Crippen molar-refractivity contribution < 1.29 is 14.3 Å². The first-order valence-corrected chi connectivity index (χ1v) is 5.89. The Labute approximate surface area is 108 Å². The van der Waals surface area contributed by atoms with Crippen LogP contribution in [0, 0.1) is 6.92 Å². The highest BCUT2D eigenvalue weighted by Crippen LogP contribution is 2.21. The van der Waals surface area contributed by atoms with E-state index in [1.54, 1.807) is 20.1 Å². The van der Waals surface area contributed by atoms with Crippen LogP contribution in [0.4, 0.5) is 5.69 Å². The Morgan fingerprint density at radius 2 is 2.22 bits per heavy atom. The molecule has 4 nitrogen and oxygen atoms in total. The molecule has 0 radical (unpaired) electrons. The van der Waals surface area contributed by atoms with Crippen LogP contribution in [0.3, 0.4) is 0 Å². The average Bonchev–Trinajstić information content (AvgIpc) is 2.37. The largest absolute Gasteiger partial charge is 0.497 e. The standard InChI is InChI=1S/C14H19NO3/c1-4-18-14(16)6-5-9-15-13-10-12(17-3)8-7-11(13)2/h5-8,10,15H,4,9H2,1-3H3/b6-5+. The number of esters is 1. The number of carbonyl (C=O) groups excluding carboxylic acids is 1. The summed E-state index contributed by atoms with van der Waals surface area (Å²) in [5, 5.41) is 3.21. The van der Waals surface area contributed by atoms with Gasteiger partial charge in [0.25, 0.3) is 0 Å². The summed E-state index contributed by atoms with van der Waals surface area (Å²) in [6.07, 6.45) is 3.16. The van der Waals surface area contributed by atoms with E-state index in [1.807, 2.05) is 25.1 Å². The third kappa shape index (κ3) is 4.49. The smallest absolute Gasteiger partial charge is 0.330 e. The van der Waals surface area contributed by atoms with Crippen LogP contribution in [0.1, 0.15) is 12.5 Å². The van der Waals surface area contributed by atoms with Crippen LogP contribution in [0.25, 0.3) is 0 Å². The van der Waals surface area contributed by atoms with Gasteiger partial charge in [-0.05, 0) is 25.5 Å². The Balaban J connectivity index is 2.50. The van der Waals surface area contributed by atoms with Crippen molar-refractivity contribution in [2.45, 2.75) is 13.8 Å². The van der Waals surface area contributed by atoms with E-state index in [1.165, 1.54) is 6.08 Å². The number of methoxy groups -OCH3 is 1. The molecule has 0 bridgehead atoms. The molecule has 0 amide bonds. The van der Waals surface area contributed by atoms with E-state index in [0.717, 1.165) is 17.0 Å². The van der Waals surface area contributed by atoms with Gasteiger partial charge in [-0.1, -0.05) is 12.1 Å². The lowest BCUT2D eigenvalue weighted by atomic mass is 10.2. The lowest BCUT2D eigenvalue weighted by molar-refractivity contribution is -0.137. The fourth-order valence-corrected chi connectivity index (χ4v) is 1.43. The highest BCUT2D eigenvalue weighted by Gasteiger charge is 1.99. The number of hydrogen-bond donors (Lipinski definition) is 1. The van der Waals surface area contributed by atoms with E-state index in [9.17, 15) is 4.79 Å². The molecule has 0 aliphatic carbocycles. The Morgan fingerprint density at radius 3 is 2.89 bits per heavy atom. The fraction of sp³-hybridized carbons (Fsp3) is 0.357. The molecule has 4 heteroatoms. The molecule has 1 rings (SSSR count). The molecule has 0 saturated heterocycles. The second kappa shape index (κ2) is 7.37. The van der Waals surface area contributed by atoms with Gasteiger partial charge in [-0.3, -0.25) is 0 Å². The molecule has 0 saturated carbocycles. The zero-order valence-electron chi connectivity index (χ0n) is 11.0. The van der Waals surface area contributed by atoms with Gasteiger partial charge in [-0.25, -0.2) is 4.79 Å². The molecule has 0 aliphatic heterocycles. The van der Waals surface area contributed by atoms with Gasteiger partial charge in [-0.15, -0.1) is 0 Å². The predicted molar refractivity (Wildman–Crippen MR) is 72.0 cm³/mol. The molecule has 1 aromatic rings. The van der Waals surface area contributed by atoms with Gasteiger partial charge in [0.05, 0.1) is 13.7 Å². The van der Waals surface area contributed by atoms with Crippen LogP contribution < -0.4 is 10.1 Å². The average molecular weight is 249 g/mol. The van der Waals surface area contributed by atoms with Gasteiger partial charge in [-0.2, -0.15) is 0 Å². The number of hydrogen-bond acceptors (Lipinski definition) is 4. The number of rotatable bonds is 6. The van der Waals surface area contributed by atoms with Crippen molar-refractivity contribution in [3.8, 4) is 5.75 Å². The second-order valence-electron chi connectivity index (χ2n) is 3.72. The molecule has 98 valence electrons. The zero-order valence-corrected chi connectivity index (χ0v) is 11.0. The second-order valence-corrected chi connectivity index (χ2v) is 3.72. The molecule has 18 heavy (non-hydrogen) atoms. The third-order valence-corrected chi connectivity index (χ3v) is 2.40. The zero-order chi connectivity index (χ0) is 13.4. The summed E-state index contributed by atoms with van der Waals surface area (Å²) >= 11 is 0. The van der Waals surface area contributed by atoms with Crippen LogP contribution >= 0.6 is 0 Å². The van der Waals surface area contributed by atoms with Gasteiger partial charge in [0.15, 0.2) is 0 Å². The molecule has 0 aliphatic rings. The van der Waals surface area contributed by atoms with Crippen LogP contribution in [0.15, 0.2) is 30.4 Å². The molecule has 0 atom stereocenters. The van der Waals surface area contributed by atoms with E-state index in [4.69, 9.17) is 9.47 Å². The van der Waals surface area contributed by atoms with Gasteiger partial charge in [0, 0.05) is 24.4 Å². The summed E-state index contributed by atoms with van der Waals surface area (Å²) in [7, 11) is 1.63.